The minimum absolute atomic E-state index is 0.00374. The van der Waals surface area contributed by atoms with Crippen molar-refractivity contribution in [2.45, 2.75) is 116 Å². The number of rotatable bonds is 26. The fourth-order valence-corrected chi connectivity index (χ4v) is 10.4. The lowest BCUT2D eigenvalue weighted by atomic mass is 9.85. The Labute approximate surface area is 450 Å². The van der Waals surface area contributed by atoms with Crippen LogP contribution in [0.1, 0.15) is 106 Å². The lowest BCUT2D eigenvalue weighted by Crippen LogP contribution is -2.57. The molecule has 2 aliphatic rings. The molecule has 0 bridgehead atoms. The second-order valence-corrected chi connectivity index (χ2v) is 21.6. The van der Waals surface area contributed by atoms with E-state index in [-0.39, 0.29) is 66.3 Å². The summed E-state index contributed by atoms with van der Waals surface area (Å²) in [7, 11) is 1.32. The molecule has 15 nitrogen and oxygen atoms in total. The number of benzene rings is 3. The number of aliphatic hydroxyl groups excluding tert-OH is 1. The van der Waals surface area contributed by atoms with Crippen molar-refractivity contribution >= 4 is 58.0 Å². The Balaban J connectivity index is 0.808. The number of carbonyl (C=O) groups is 5. The van der Waals surface area contributed by atoms with Crippen molar-refractivity contribution in [2.24, 2.45) is 5.41 Å². The number of nitrogens with zero attached hydrogens (tertiary/aromatic N) is 3. The van der Waals surface area contributed by atoms with Gasteiger partial charge in [0.05, 0.1) is 35.3 Å². The van der Waals surface area contributed by atoms with Crippen molar-refractivity contribution < 1.29 is 61.2 Å². The number of hydrogen-bond acceptors (Lipinski definition) is 13. The topological polar surface area (TPSA) is 197 Å². The monoisotopic (exact) mass is 1090 g/mol. The van der Waals surface area contributed by atoms with E-state index in [0.717, 1.165) is 54.6 Å². The van der Waals surface area contributed by atoms with Gasteiger partial charge in [-0.1, -0.05) is 57.5 Å². The highest BCUT2D eigenvalue weighted by molar-refractivity contribution is 8.18. The van der Waals surface area contributed by atoms with Gasteiger partial charge in [-0.25, -0.2) is 0 Å². The highest BCUT2D eigenvalue weighted by Gasteiger charge is 2.44. The molecule has 3 atom stereocenters. The molecule has 0 aliphatic carbocycles. The van der Waals surface area contributed by atoms with E-state index >= 15 is 0 Å². The summed E-state index contributed by atoms with van der Waals surface area (Å²) in [4.78, 5) is 70.4. The molecule has 3 heterocycles. The summed E-state index contributed by atoms with van der Waals surface area (Å²) in [6.45, 7) is 10.2. The summed E-state index contributed by atoms with van der Waals surface area (Å²) in [5.74, 6) is -1.91. The van der Waals surface area contributed by atoms with E-state index < -0.39 is 58.1 Å². The summed E-state index contributed by atoms with van der Waals surface area (Å²) in [5.41, 5.74) is 1.74. The average Bonchev–Trinajstić information content (AvgIpc) is 4.08. The van der Waals surface area contributed by atoms with Crippen LogP contribution in [0.4, 0.5) is 18.0 Å². The van der Waals surface area contributed by atoms with Crippen LogP contribution < -0.4 is 20.1 Å². The van der Waals surface area contributed by atoms with Crippen LogP contribution in [-0.2, 0) is 41.4 Å². The molecule has 2 saturated heterocycles. The van der Waals surface area contributed by atoms with Crippen molar-refractivity contribution in [1.29, 1.82) is 5.26 Å². The van der Waals surface area contributed by atoms with Crippen LogP contribution in [0, 0.1) is 23.7 Å². The molecule has 20 heteroatoms. The van der Waals surface area contributed by atoms with Crippen molar-refractivity contribution in [2.75, 3.05) is 46.6 Å². The number of imide groups is 1. The van der Waals surface area contributed by atoms with E-state index in [1.54, 1.807) is 17.4 Å². The first-order valence-electron chi connectivity index (χ1n) is 25.3. The molecule has 0 saturated carbocycles. The lowest BCUT2D eigenvalue weighted by Gasteiger charge is -2.35. The summed E-state index contributed by atoms with van der Waals surface area (Å²) < 4.78 is 63.5. The maximum Gasteiger partial charge on any atom is 0.420 e. The van der Waals surface area contributed by atoms with E-state index in [4.69, 9.17) is 24.2 Å². The Kier molecular flexibility index (Phi) is 21.5. The molecule has 2 unspecified atom stereocenters. The van der Waals surface area contributed by atoms with E-state index in [1.165, 1.54) is 57.7 Å². The van der Waals surface area contributed by atoms with Crippen molar-refractivity contribution in [3.05, 3.63) is 105 Å². The number of alkyl halides is 3. The number of nitrogens with one attached hydrogen (secondary N) is 2. The fourth-order valence-electron chi connectivity index (χ4n) is 8.59. The van der Waals surface area contributed by atoms with Gasteiger partial charge in [0.25, 0.3) is 11.1 Å². The predicted octanol–water partition coefficient (Wildman–Crippen LogP) is 10.4. The zero-order chi connectivity index (χ0) is 55.0. The van der Waals surface area contributed by atoms with Gasteiger partial charge in [-0.2, -0.15) is 18.4 Å². The minimum Gasteiger partial charge on any atom is -0.493 e. The van der Waals surface area contributed by atoms with Crippen LogP contribution in [0.5, 0.6) is 17.2 Å². The summed E-state index contributed by atoms with van der Waals surface area (Å²) in [5, 5.41) is 27.1. The van der Waals surface area contributed by atoms with Gasteiger partial charge >= 0.3 is 6.18 Å². The van der Waals surface area contributed by atoms with E-state index in [1.807, 2.05) is 45.0 Å². The van der Waals surface area contributed by atoms with Crippen LogP contribution in [-0.4, -0.2) is 109 Å². The molecule has 1 aromatic heterocycles. The maximum atomic E-state index is 14.0. The molecule has 76 heavy (non-hydrogen) atoms. The Morgan fingerprint density at radius 3 is 2.18 bits per heavy atom. The van der Waals surface area contributed by atoms with E-state index in [0.29, 0.717) is 57.3 Å². The number of aryl methyl sites for hydroxylation is 1. The third-order valence-electron chi connectivity index (χ3n) is 12.8. The van der Waals surface area contributed by atoms with Crippen molar-refractivity contribution in [3.8, 4) is 33.8 Å². The van der Waals surface area contributed by atoms with Crippen molar-refractivity contribution in [1.82, 2.24) is 20.4 Å². The summed E-state index contributed by atoms with van der Waals surface area (Å²) in [6, 6.07) is 17.4. The number of thioether (sulfide) groups is 1. The van der Waals surface area contributed by atoms with Crippen molar-refractivity contribution in [3.63, 3.8) is 0 Å². The molecule has 3 N–H and O–H groups in total. The second-order valence-electron chi connectivity index (χ2n) is 19.7. The SMILES string of the molecule is COc1cc(/C=C2\SC(=O)N(CCCCOCCCCOCCCCCC(=O)NC(C(=O)N3C[C@H](O)CC3C(=O)NCc3ccc(-c4sccc4C)cc3)C(C)(C)C)C2=O)ccc1Oc1ccc(C#N)cc1C(F)(F)F. The molecule has 2 aliphatic heterocycles. The lowest BCUT2D eigenvalue weighted by molar-refractivity contribution is -0.144. The number of methoxy groups -OCH3 is 1. The number of amides is 5. The zero-order valence-corrected chi connectivity index (χ0v) is 45.1. The van der Waals surface area contributed by atoms with Gasteiger partial charge in [-0.3, -0.25) is 28.9 Å². The van der Waals surface area contributed by atoms with Gasteiger partial charge in [-0.15, -0.1) is 11.3 Å². The zero-order valence-electron chi connectivity index (χ0n) is 43.5. The molecule has 408 valence electrons. The van der Waals surface area contributed by atoms with E-state index in [2.05, 4.69) is 29.0 Å². The van der Waals surface area contributed by atoms with Crippen LogP contribution in [0.2, 0.25) is 0 Å². The van der Waals surface area contributed by atoms with E-state index in [9.17, 15) is 42.3 Å². The largest absolute Gasteiger partial charge is 0.493 e. The van der Waals surface area contributed by atoms with Crippen LogP contribution in [0.25, 0.3) is 16.5 Å². The minimum atomic E-state index is -4.77. The Morgan fingerprint density at radius 2 is 1.55 bits per heavy atom. The normalized spacial score (nSPS) is 16.8. The third-order valence-corrected chi connectivity index (χ3v) is 14.7. The third kappa shape index (κ3) is 16.6. The number of carbonyl (C=O) groups excluding carboxylic acids is 5. The molecule has 5 amide bonds. The number of ether oxygens (including phenoxy) is 4. The number of thiophene rings is 1. The number of nitriles is 1. The van der Waals surface area contributed by atoms with Crippen LogP contribution >= 0.6 is 23.1 Å². The fraction of sp³-hybridized carbons (Fsp3) is 0.464. The van der Waals surface area contributed by atoms with Gasteiger partial charge in [0.15, 0.2) is 11.5 Å². The summed E-state index contributed by atoms with van der Waals surface area (Å²) >= 11 is 2.47. The highest BCUT2D eigenvalue weighted by atomic mass is 32.2. The molecule has 0 spiro atoms. The number of β-amino-alcohol motifs (C(OH)–C–C–N with tert-alkyl or cyclic N) is 1. The van der Waals surface area contributed by atoms with Gasteiger partial charge < -0.3 is 39.6 Å². The number of halogens is 3. The smallest absolute Gasteiger partial charge is 0.420 e. The Hall–Kier alpha value is -6.24. The first kappa shape index (κ1) is 59.0. The molecular weight excluding hydrogens is 1020 g/mol. The number of aliphatic hydroxyl groups is 1. The van der Waals surface area contributed by atoms with Gasteiger partial charge in [0.1, 0.15) is 17.8 Å². The molecule has 4 aromatic rings. The number of likely N-dealkylation sites (tertiary alicyclic amines) is 1. The Morgan fingerprint density at radius 1 is 0.882 bits per heavy atom. The van der Waals surface area contributed by atoms with Crippen LogP contribution in [0.15, 0.2) is 77.0 Å². The first-order chi connectivity index (χ1) is 36.3. The second kappa shape index (κ2) is 27.7. The predicted molar refractivity (Wildman–Crippen MR) is 284 cm³/mol. The maximum absolute atomic E-state index is 14.0. The molecule has 0 radical (unpaired) electrons. The van der Waals surface area contributed by atoms with Gasteiger partial charge in [0, 0.05) is 63.8 Å². The highest BCUT2D eigenvalue weighted by Crippen LogP contribution is 2.42. The quantitative estimate of drug-likeness (QED) is 0.0398. The average molecular weight is 1090 g/mol. The molecule has 6 rings (SSSR count). The number of hydrogen-bond donors (Lipinski definition) is 3. The molecule has 2 fully saturated rings. The standard InChI is InChI=1S/C56H66F3N5O10S2/c1-36-22-28-75-49(36)40-18-14-37(15-19-40)34-61-51(67)43-32-41(65)35-64(43)53(69)50(55(2,3)4)62-48(66)13-7-6-9-24-72-26-11-12-27-73-25-10-8-23-63-52(68)47(76-54(63)70)31-38-16-21-45(46(30-38)71-5)74-44-20-17-39(33-60)29-42(44)56(57,58)59/h14-22,28-31,41,43,50,65H,6-13,23-27,32,34-35H2,1-5H3,(H,61,67)(H,62,66)/b47-31-/t41-,43?,50?/m1/s1. The van der Waals surface area contributed by atoms with Gasteiger partial charge in [-0.05, 0) is 133 Å². The van der Waals surface area contributed by atoms with Crippen LogP contribution in [0.3, 0.4) is 0 Å². The first-order valence-corrected chi connectivity index (χ1v) is 27.0. The van der Waals surface area contributed by atoms with Gasteiger partial charge in [0.2, 0.25) is 17.7 Å². The Bertz CT molecular complexity index is 2740. The number of unbranched alkanes of at least 4 members (excludes halogenated alkanes) is 4. The molecule has 3 aromatic carbocycles. The summed E-state index contributed by atoms with van der Waals surface area (Å²) in [6.07, 6.45) is 1.10. The molecular formula is C56H66F3N5O10S2.